The van der Waals surface area contributed by atoms with Crippen molar-refractivity contribution in [3.05, 3.63) is 63.1 Å². The summed E-state index contributed by atoms with van der Waals surface area (Å²) in [7, 11) is 1.27. The Morgan fingerprint density at radius 2 is 1.93 bits per heavy atom. The molecule has 0 radical (unpaired) electrons. The van der Waals surface area contributed by atoms with Crippen molar-refractivity contribution < 1.29 is 19.1 Å². The van der Waals surface area contributed by atoms with Crippen LogP contribution in [-0.4, -0.2) is 25.6 Å². The fraction of sp³-hybridized carbons (Fsp3) is 0.0952. The maximum absolute atomic E-state index is 12.5. The minimum absolute atomic E-state index is 0.0528. The number of carbonyl (C=O) groups is 2. The number of halogens is 2. The van der Waals surface area contributed by atoms with Crippen molar-refractivity contribution in [1.29, 1.82) is 5.26 Å². The molecule has 0 heterocycles. The maximum atomic E-state index is 12.5. The summed E-state index contributed by atoms with van der Waals surface area (Å²) in [6, 6.07) is 10.8. The molecule has 0 aromatic heterocycles. The second kappa shape index (κ2) is 10.2. The maximum Gasteiger partial charge on any atom is 0.337 e. The molecule has 146 valence electrons. The number of terminal acetylenes is 1. The minimum Gasteiger partial charge on any atom is -0.479 e. The molecule has 0 aliphatic rings. The summed E-state index contributed by atoms with van der Waals surface area (Å²) in [4.78, 5) is 23.9. The molecule has 0 saturated heterocycles. The normalized spacial score (nSPS) is 10.4. The number of methoxy groups -OCH3 is 1. The number of anilines is 1. The van der Waals surface area contributed by atoms with Crippen LogP contribution in [0, 0.1) is 23.7 Å². The number of esters is 1. The molecule has 0 unspecified atom stereocenters. The Bertz CT molecular complexity index is 1050. The minimum atomic E-state index is -0.669. The van der Waals surface area contributed by atoms with Crippen LogP contribution in [0.4, 0.5) is 5.69 Å². The Hall–Kier alpha value is -3.45. The number of rotatable bonds is 6. The highest BCUT2D eigenvalue weighted by Gasteiger charge is 2.15. The molecule has 0 atom stereocenters. The predicted molar refractivity (Wildman–Crippen MR) is 111 cm³/mol. The highest BCUT2D eigenvalue weighted by atomic mass is 35.5. The average molecular weight is 429 g/mol. The molecule has 2 rings (SSSR count). The lowest BCUT2D eigenvalue weighted by molar-refractivity contribution is -0.112. The van der Waals surface area contributed by atoms with Gasteiger partial charge in [-0.2, -0.15) is 5.26 Å². The van der Waals surface area contributed by atoms with Crippen molar-refractivity contribution in [3.8, 4) is 24.2 Å². The fourth-order valence-electron chi connectivity index (χ4n) is 2.26. The van der Waals surface area contributed by atoms with Crippen LogP contribution >= 0.6 is 23.2 Å². The van der Waals surface area contributed by atoms with Gasteiger partial charge >= 0.3 is 5.97 Å². The topological polar surface area (TPSA) is 88.4 Å². The number of hydrogen-bond acceptors (Lipinski definition) is 5. The van der Waals surface area contributed by atoms with Gasteiger partial charge in [0.1, 0.15) is 24.0 Å². The molecule has 0 aliphatic carbocycles. The van der Waals surface area contributed by atoms with E-state index in [0.29, 0.717) is 21.8 Å². The molecule has 2 aromatic rings. The van der Waals surface area contributed by atoms with E-state index in [-0.39, 0.29) is 23.0 Å². The summed E-state index contributed by atoms with van der Waals surface area (Å²) in [6.07, 6.45) is 6.49. The number of nitrogens with zero attached hydrogens (tertiary/aromatic N) is 1. The van der Waals surface area contributed by atoms with E-state index in [4.69, 9.17) is 34.4 Å². The van der Waals surface area contributed by atoms with E-state index in [1.807, 2.05) is 6.07 Å². The fourth-order valence-corrected chi connectivity index (χ4v) is 2.83. The van der Waals surface area contributed by atoms with Crippen LogP contribution in [0.5, 0.6) is 5.75 Å². The molecule has 8 heteroatoms. The number of ether oxygens (including phenoxy) is 2. The number of benzene rings is 2. The Morgan fingerprint density at radius 3 is 2.52 bits per heavy atom. The SMILES string of the molecule is C#CCOc1c(Cl)cc(Cl)cc1/C=C(\C#N)C(=O)Nc1ccc(C(=O)OC)cc1. The largest absolute Gasteiger partial charge is 0.479 e. The van der Waals surface area contributed by atoms with Gasteiger partial charge in [-0.05, 0) is 42.5 Å². The second-order valence-corrected chi connectivity index (χ2v) is 6.34. The standard InChI is InChI=1S/C21H14Cl2N2O4/c1-3-8-29-19-14(10-16(22)11-18(19)23)9-15(12-24)20(26)25-17-6-4-13(5-7-17)21(27)28-2/h1,4-7,9-11H,8H2,2H3,(H,25,26)/b15-9+. The molecule has 0 bridgehead atoms. The number of hydrogen-bond donors (Lipinski definition) is 1. The first-order valence-corrected chi connectivity index (χ1v) is 8.82. The first kappa shape index (κ1) is 21.8. The molecular weight excluding hydrogens is 415 g/mol. The molecule has 0 fully saturated rings. The lowest BCUT2D eigenvalue weighted by Crippen LogP contribution is -2.13. The molecule has 2 aromatic carbocycles. The van der Waals surface area contributed by atoms with Crippen molar-refractivity contribution in [3.63, 3.8) is 0 Å². The van der Waals surface area contributed by atoms with Gasteiger partial charge in [0.15, 0.2) is 0 Å². The summed E-state index contributed by atoms with van der Waals surface area (Å²) in [5.74, 6) is 1.35. The van der Waals surface area contributed by atoms with Crippen LogP contribution in [0.1, 0.15) is 15.9 Å². The predicted octanol–water partition coefficient (Wildman–Crippen LogP) is 4.34. The van der Waals surface area contributed by atoms with Crippen molar-refractivity contribution in [2.75, 3.05) is 19.0 Å². The monoisotopic (exact) mass is 428 g/mol. The first-order chi connectivity index (χ1) is 13.9. The molecular formula is C21H14Cl2N2O4. The average Bonchev–Trinajstić information content (AvgIpc) is 2.71. The van der Waals surface area contributed by atoms with Gasteiger partial charge in [0, 0.05) is 16.3 Å². The first-order valence-electron chi connectivity index (χ1n) is 8.06. The summed E-state index contributed by atoms with van der Waals surface area (Å²) in [6.45, 7) is -0.0528. The Morgan fingerprint density at radius 1 is 1.24 bits per heavy atom. The number of nitrogens with one attached hydrogen (secondary N) is 1. The van der Waals surface area contributed by atoms with Gasteiger partial charge in [-0.25, -0.2) is 4.79 Å². The van der Waals surface area contributed by atoms with Crippen LogP contribution in [0.15, 0.2) is 42.0 Å². The zero-order valence-corrected chi connectivity index (χ0v) is 16.7. The lowest BCUT2D eigenvalue weighted by Gasteiger charge is -2.10. The number of carbonyl (C=O) groups excluding carboxylic acids is 2. The van der Waals surface area contributed by atoms with Gasteiger partial charge in [0.2, 0.25) is 0 Å². The number of amides is 1. The van der Waals surface area contributed by atoms with E-state index in [9.17, 15) is 14.9 Å². The van der Waals surface area contributed by atoms with Gasteiger partial charge in [-0.15, -0.1) is 6.42 Å². The lowest BCUT2D eigenvalue weighted by atomic mass is 10.1. The molecule has 0 aliphatic heterocycles. The Labute approximate surface area is 177 Å². The quantitative estimate of drug-likeness (QED) is 0.320. The van der Waals surface area contributed by atoms with Crippen molar-refractivity contribution in [2.24, 2.45) is 0 Å². The summed E-state index contributed by atoms with van der Waals surface area (Å²) in [5.41, 5.74) is 0.818. The van der Waals surface area contributed by atoms with Crippen molar-refractivity contribution in [2.45, 2.75) is 0 Å². The molecule has 0 saturated carbocycles. The van der Waals surface area contributed by atoms with Crippen LogP contribution in [0.25, 0.3) is 6.08 Å². The summed E-state index contributed by atoms with van der Waals surface area (Å²) in [5, 5.41) is 12.5. The van der Waals surface area contributed by atoms with Crippen molar-refractivity contribution in [1.82, 2.24) is 0 Å². The second-order valence-electron chi connectivity index (χ2n) is 5.49. The van der Waals surface area contributed by atoms with Gasteiger partial charge in [-0.1, -0.05) is 29.1 Å². The van der Waals surface area contributed by atoms with Gasteiger partial charge < -0.3 is 14.8 Å². The van der Waals surface area contributed by atoms with Gasteiger partial charge in [0.25, 0.3) is 5.91 Å². The van der Waals surface area contributed by atoms with Crippen LogP contribution < -0.4 is 10.1 Å². The third-order valence-electron chi connectivity index (χ3n) is 3.57. The van der Waals surface area contributed by atoms with E-state index in [2.05, 4.69) is 16.0 Å². The summed E-state index contributed by atoms with van der Waals surface area (Å²) < 4.78 is 10.0. The zero-order chi connectivity index (χ0) is 21.4. The van der Waals surface area contributed by atoms with Gasteiger partial charge in [0.05, 0.1) is 17.7 Å². The molecule has 1 N–H and O–H groups in total. The molecule has 0 spiro atoms. The number of nitriles is 1. The third-order valence-corrected chi connectivity index (χ3v) is 4.06. The van der Waals surface area contributed by atoms with Crippen LogP contribution in [0.2, 0.25) is 10.0 Å². The van der Waals surface area contributed by atoms with Crippen LogP contribution in [0.3, 0.4) is 0 Å². The smallest absolute Gasteiger partial charge is 0.337 e. The zero-order valence-electron chi connectivity index (χ0n) is 15.2. The molecule has 29 heavy (non-hydrogen) atoms. The van der Waals surface area contributed by atoms with E-state index in [1.54, 1.807) is 0 Å². The van der Waals surface area contributed by atoms with E-state index in [1.165, 1.54) is 49.6 Å². The third kappa shape index (κ3) is 5.76. The summed E-state index contributed by atoms with van der Waals surface area (Å²) >= 11 is 12.1. The van der Waals surface area contributed by atoms with E-state index in [0.717, 1.165) is 0 Å². The highest BCUT2D eigenvalue weighted by Crippen LogP contribution is 2.34. The molecule has 1 amide bonds. The highest BCUT2D eigenvalue weighted by molar-refractivity contribution is 6.36. The van der Waals surface area contributed by atoms with Crippen LogP contribution in [-0.2, 0) is 9.53 Å². The van der Waals surface area contributed by atoms with E-state index >= 15 is 0 Å². The Balaban J connectivity index is 2.30. The molecule has 6 nitrogen and oxygen atoms in total. The van der Waals surface area contributed by atoms with Crippen molar-refractivity contribution >= 4 is 46.8 Å². The van der Waals surface area contributed by atoms with Gasteiger partial charge in [-0.3, -0.25) is 4.79 Å². The Kier molecular flexibility index (Phi) is 7.68. The van der Waals surface area contributed by atoms with E-state index < -0.39 is 11.9 Å².